The summed E-state index contributed by atoms with van der Waals surface area (Å²) >= 11 is 0. The Bertz CT molecular complexity index is 2020. The summed E-state index contributed by atoms with van der Waals surface area (Å²) in [6.07, 6.45) is 15.0. The molecule has 11 heteroatoms. The summed E-state index contributed by atoms with van der Waals surface area (Å²) < 4.78 is 66.4. The van der Waals surface area contributed by atoms with Gasteiger partial charge in [-0.05, 0) is 81.2 Å². The molecule has 2 heterocycles. The summed E-state index contributed by atoms with van der Waals surface area (Å²) in [4.78, 5) is 2.31. The molecule has 0 radical (unpaired) electrons. The first-order chi connectivity index (χ1) is 24.5. The number of rotatable bonds is 17. The summed E-state index contributed by atoms with van der Waals surface area (Å²) in [7, 11) is -7.99. The minimum absolute atomic E-state index is 0.239. The Hall–Kier alpha value is -3.51. The van der Waals surface area contributed by atoms with Gasteiger partial charge in [-0.1, -0.05) is 75.7 Å². The number of hydrogen-bond donors (Lipinski definition) is 3. The first-order valence-corrected chi connectivity index (χ1v) is 21.8. The van der Waals surface area contributed by atoms with Gasteiger partial charge in [-0.25, -0.2) is 0 Å². The molecule has 0 amide bonds. The largest absolute Gasteiger partial charge is 0.385 e. The van der Waals surface area contributed by atoms with Crippen molar-refractivity contribution >= 4 is 37.3 Å². The summed E-state index contributed by atoms with van der Waals surface area (Å²) in [5.41, 5.74) is 10.2. The third kappa shape index (κ3) is 9.16. The Morgan fingerprint density at radius 2 is 1.44 bits per heavy atom. The van der Waals surface area contributed by atoms with Crippen LogP contribution >= 0.6 is 0 Å². The molecule has 9 nitrogen and oxygen atoms in total. The number of anilines is 1. The van der Waals surface area contributed by atoms with E-state index in [1.807, 2.05) is 12.1 Å². The lowest BCUT2D eigenvalue weighted by molar-refractivity contribution is -0.438. The van der Waals surface area contributed by atoms with E-state index in [0.29, 0.717) is 38.8 Å². The maximum absolute atomic E-state index is 11.4. The van der Waals surface area contributed by atoms with E-state index in [1.54, 1.807) is 0 Å². The van der Waals surface area contributed by atoms with Gasteiger partial charge in [0.05, 0.1) is 16.9 Å². The van der Waals surface area contributed by atoms with Crippen molar-refractivity contribution in [2.45, 2.75) is 96.8 Å². The van der Waals surface area contributed by atoms with Crippen LogP contribution in [0.25, 0.3) is 0 Å². The summed E-state index contributed by atoms with van der Waals surface area (Å²) in [5.74, 6) is -0.478. The second-order valence-corrected chi connectivity index (χ2v) is 18.4. The maximum Gasteiger partial charge on any atom is 0.264 e. The lowest BCUT2D eigenvalue weighted by atomic mass is 9.81. The number of benzene rings is 2. The highest BCUT2D eigenvalue weighted by Crippen LogP contribution is 2.48. The van der Waals surface area contributed by atoms with Crippen LogP contribution in [0, 0.1) is 0 Å². The van der Waals surface area contributed by atoms with Crippen LogP contribution in [0.2, 0.25) is 0 Å². The molecule has 3 N–H and O–H groups in total. The SMILES string of the molecule is CCCCNC1=C(C=CC2=[N+](CCCCS(=O)(=O)O)c3ccccc3C2(C)C)CCC1=CC=C1N(CCCCS(=O)(=O)O)c2ccccc2C1(C)C. The Morgan fingerprint density at radius 1 is 0.788 bits per heavy atom. The van der Waals surface area contributed by atoms with Crippen molar-refractivity contribution < 1.29 is 30.5 Å². The first kappa shape index (κ1) is 39.7. The van der Waals surface area contributed by atoms with Gasteiger partial charge in [0.2, 0.25) is 5.69 Å². The monoisotopic (exact) mass is 750 g/mol. The number of para-hydroxylation sites is 2. The van der Waals surface area contributed by atoms with Gasteiger partial charge < -0.3 is 10.2 Å². The summed E-state index contributed by atoms with van der Waals surface area (Å²) in [6, 6.07) is 16.8. The molecule has 282 valence electrons. The third-order valence-electron chi connectivity index (χ3n) is 10.7. The van der Waals surface area contributed by atoms with E-state index in [1.165, 1.54) is 28.0 Å². The van der Waals surface area contributed by atoms with Crippen molar-refractivity contribution in [3.05, 3.63) is 107 Å². The normalized spacial score (nSPS) is 19.8. The minimum atomic E-state index is -4.00. The van der Waals surface area contributed by atoms with Crippen LogP contribution in [0.3, 0.4) is 0 Å². The van der Waals surface area contributed by atoms with Crippen molar-refractivity contribution in [1.29, 1.82) is 0 Å². The van der Waals surface area contributed by atoms with Gasteiger partial charge in [0.1, 0.15) is 6.54 Å². The second kappa shape index (κ2) is 16.2. The smallest absolute Gasteiger partial charge is 0.264 e. The molecule has 0 atom stereocenters. The van der Waals surface area contributed by atoms with E-state index >= 15 is 0 Å². The molecule has 2 aromatic carbocycles. The molecule has 0 saturated heterocycles. The van der Waals surface area contributed by atoms with Crippen molar-refractivity contribution in [2.75, 3.05) is 36.0 Å². The maximum atomic E-state index is 11.4. The number of unbranched alkanes of at least 4 members (excludes halogenated alkanes) is 3. The van der Waals surface area contributed by atoms with Crippen LogP contribution < -0.4 is 10.2 Å². The van der Waals surface area contributed by atoms with Gasteiger partial charge in [0, 0.05) is 59.7 Å². The summed E-state index contributed by atoms with van der Waals surface area (Å²) in [5, 5.41) is 3.78. The topological polar surface area (TPSA) is 127 Å². The zero-order valence-corrected chi connectivity index (χ0v) is 33.0. The number of allylic oxidation sites excluding steroid dienone is 7. The molecule has 0 bridgehead atoms. The lowest BCUT2D eigenvalue weighted by Gasteiger charge is -2.27. The van der Waals surface area contributed by atoms with E-state index in [4.69, 9.17) is 0 Å². The number of fused-ring (bicyclic) bond motifs is 2. The highest BCUT2D eigenvalue weighted by molar-refractivity contribution is 7.86. The van der Waals surface area contributed by atoms with Gasteiger partial charge in [-0.2, -0.15) is 21.4 Å². The minimum Gasteiger partial charge on any atom is -0.385 e. The Morgan fingerprint density at radius 3 is 2.13 bits per heavy atom. The Labute approximate surface area is 311 Å². The molecule has 0 aromatic heterocycles. The molecular weight excluding hydrogens is 695 g/mol. The zero-order chi connectivity index (χ0) is 37.7. The number of hydrogen-bond acceptors (Lipinski definition) is 6. The third-order valence-corrected chi connectivity index (χ3v) is 12.3. The fourth-order valence-electron chi connectivity index (χ4n) is 7.91. The highest BCUT2D eigenvalue weighted by atomic mass is 32.2. The predicted octanol–water partition coefficient (Wildman–Crippen LogP) is 8.00. The molecular formula is C41H56N3O6S2+. The molecule has 52 heavy (non-hydrogen) atoms. The van der Waals surface area contributed by atoms with Gasteiger partial charge in [0.15, 0.2) is 5.71 Å². The van der Waals surface area contributed by atoms with Crippen LogP contribution in [-0.2, 0) is 31.1 Å². The molecule has 3 aliphatic rings. The second-order valence-electron chi connectivity index (χ2n) is 15.2. The highest BCUT2D eigenvalue weighted by Gasteiger charge is 2.44. The van der Waals surface area contributed by atoms with Crippen molar-refractivity contribution in [1.82, 2.24) is 5.32 Å². The Kier molecular flexibility index (Phi) is 12.4. The Balaban J connectivity index is 1.48. The molecule has 0 saturated carbocycles. The molecule has 0 fully saturated rings. The van der Waals surface area contributed by atoms with E-state index in [0.717, 1.165) is 55.0 Å². The first-order valence-electron chi connectivity index (χ1n) is 18.6. The molecule has 2 aliphatic heterocycles. The average molecular weight is 751 g/mol. The molecule has 0 spiro atoms. The van der Waals surface area contributed by atoms with Gasteiger partial charge in [0.25, 0.3) is 20.2 Å². The fraction of sp³-hybridized carbons (Fsp3) is 0.488. The van der Waals surface area contributed by atoms with Crippen LogP contribution in [0.5, 0.6) is 0 Å². The van der Waals surface area contributed by atoms with E-state index in [9.17, 15) is 25.9 Å². The van der Waals surface area contributed by atoms with E-state index in [2.05, 4.69) is 110 Å². The van der Waals surface area contributed by atoms with Crippen LogP contribution in [0.15, 0.2) is 95.4 Å². The van der Waals surface area contributed by atoms with Crippen molar-refractivity contribution in [3.63, 3.8) is 0 Å². The van der Waals surface area contributed by atoms with Gasteiger partial charge in [-0.15, -0.1) is 0 Å². The van der Waals surface area contributed by atoms with Gasteiger partial charge >= 0.3 is 0 Å². The van der Waals surface area contributed by atoms with Crippen molar-refractivity contribution in [3.8, 4) is 0 Å². The summed E-state index contributed by atoms with van der Waals surface area (Å²) in [6.45, 7) is 13.3. The van der Waals surface area contributed by atoms with Crippen molar-refractivity contribution in [2.24, 2.45) is 0 Å². The van der Waals surface area contributed by atoms with E-state index in [-0.39, 0.29) is 22.3 Å². The van der Waals surface area contributed by atoms with Crippen LogP contribution in [0.1, 0.15) is 97.1 Å². The zero-order valence-electron chi connectivity index (χ0n) is 31.4. The van der Waals surface area contributed by atoms with Crippen LogP contribution in [-0.4, -0.2) is 67.4 Å². The molecule has 5 rings (SSSR count). The number of nitrogens with zero attached hydrogens (tertiary/aromatic N) is 2. The van der Waals surface area contributed by atoms with Crippen LogP contribution in [0.4, 0.5) is 11.4 Å². The fourth-order valence-corrected chi connectivity index (χ4v) is 9.05. The molecule has 0 unspecified atom stereocenters. The molecule has 1 aliphatic carbocycles. The molecule has 2 aromatic rings. The van der Waals surface area contributed by atoms with E-state index < -0.39 is 20.2 Å². The van der Waals surface area contributed by atoms with Gasteiger partial charge in [-0.3, -0.25) is 9.11 Å². The lowest BCUT2D eigenvalue weighted by Crippen LogP contribution is -2.28. The number of nitrogens with one attached hydrogen (secondary N) is 1. The standard InChI is InChI=1S/C41H55N3O6S2/c1-6-7-26-42-39-31(22-24-37-40(2,3)33-16-8-10-18-35(33)43(37)27-12-14-29-51(45,46)47)20-21-32(39)23-25-38-41(4,5)34-17-9-11-19-36(34)44(38)28-13-15-30-52(48,49)50/h8-11,16-19,22-25H,6-7,12-15,20-21,26-30H2,1-5H3,(H2,45,46,47,48,49,50)/p+1. The average Bonchev–Trinajstić information content (AvgIpc) is 3.63. The quantitative estimate of drug-likeness (QED) is 0.0844. The predicted molar refractivity (Wildman–Crippen MR) is 212 cm³/mol.